The minimum Gasteiger partial charge on any atom is -0.380 e. The van der Waals surface area contributed by atoms with E-state index in [0.717, 1.165) is 16.6 Å². The molecule has 2 aromatic heterocycles. The third-order valence-corrected chi connectivity index (χ3v) is 2.98. The van der Waals surface area contributed by atoms with Crippen LogP contribution in [0.25, 0.3) is 10.9 Å². The van der Waals surface area contributed by atoms with Crippen LogP contribution in [0.1, 0.15) is 5.69 Å². The van der Waals surface area contributed by atoms with E-state index in [9.17, 15) is 0 Å². The Morgan fingerprint density at radius 1 is 1.20 bits per heavy atom. The van der Waals surface area contributed by atoms with E-state index >= 15 is 0 Å². The number of anilines is 1. The van der Waals surface area contributed by atoms with Gasteiger partial charge in [-0.3, -0.25) is 4.68 Å². The van der Waals surface area contributed by atoms with Gasteiger partial charge in [0.25, 0.3) is 0 Å². The Labute approximate surface area is 115 Å². The average molecular weight is 264 g/mol. The molecule has 0 aliphatic heterocycles. The first kappa shape index (κ1) is 12.1. The summed E-state index contributed by atoms with van der Waals surface area (Å²) in [5, 5.41) is 25.4. The Balaban J connectivity index is 1.87. The molecule has 1 aromatic carbocycles. The first-order valence-corrected chi connectivity index (χ1v) is 6.25. The van der Waals surface area contributed by atoms with E-state index in [0.29, 0.717) is 18.8 Å². The summed E-state index contributed by atoms with van der Waals surface area (Å²) in [5.74, 6) is 0. The second-order valence-corrected chi connectivity index (χ2v) is 4.25. The highest BCUT2D eigenvalue weighted by atomic mass is 15.3. The molecule has 6 heteroatoms. The van der Waals surface area contributed by atoms with Gasteiger partial charge in [0.1, 0.15) is 6.07 Å². The molecule has 1 N–H and O–H groups in total. The normalized spacial score (nSPS) is 10.3. The molecule has 0 bridgehead atoms. The summed E-state index contributed by atoms with van der Waals surface area (Å²) in [5.41, 5.74) is 1.81. The first-order chi connectivity index (χ1) is 9.88. The fraction of sp³-hybridized carbons (Fsp3) is 0.143. The highest BCUT2D eigenvalue weighted by Gasteiger charge is 2.09. The molecule has 98 valence electrons. The van der Waals surface area contributed by atoms with Crippen LogP contribution in [0.15, 0.2) is 42.7 Å². The third kappa shape index (κ3) is 2.29. The van der Waals surface area contributed by atoms with Gasteiger partial charge in [-0.1, -0.05) is 18.2 Å². The fourth-order valence-electron chi connectivity index (χ4n) is 2.04. The Morgan fingerprint density at radius 3 is 2.90 bits per heavy atom. The lowest BCUT2D eigenvalue weighted by Gasteiger charge is -2.10. The standard InChI is InChI=1S/C14H12N6/c15-10-13-14(16-7-9-20-8-3-6-17-20)11-4-1-2-5-12(11)18-19-13/h1-6,8H,7,9H2,(H,16,18). The van der Waals surface area contributed by atoms with Gasteiger partial charge in [0, 0.05) is 24.3 Å². The van der Waals surface area contributed by atoms with Crippen LogP contribution in [0.3, 0.4) is 0 Å². The Morgan fingerprint density at radius 2 is 2.10 bits per heavy atom. The average Bonchev–Trinajstić information content (AvgIpc) is 3.00. The van der Waals surface area contributed by atoms with Crippen LogP contribution in [0.4, 0.5) is 5.69 Å². The zero-order valence-corrected chi connectivity index (χ0v) is 10.7. The van der Waals surface area contributed by atoms with Crippen LogP contribution in [0, 0.1) is 11.3 Å². The number of fused-ring (bicyclic) bond motifs is 1. The number of hydrogen-bond donors (Lipinski definition) is 1. The Hall–Kier alpha value is -2.94. The number of nitrogens with one attached hydrogen (secondary N) is 1. The van der Waals surface area contributed by atoms with Gasteiger partial charge >= 0.3 is 0 Å². The molecule has 0 saturated carbocycles. The van der Waals surface area contributed by atoms with Gasteiger partial charge < -0.3 is 5.32 Å². The fourth-order valence-corrected chi connectivity index (χ4v) is 2.04. The van der Waals surface area contributed by atoms with Gasteiger partial charge in [-0.25, -0.2) is 0 Å². The quantitative estimate of drug-likeness (QED) is 0.777. The number of aromatic nitrogens is 4. The van der Waals surface area contributed by atoms with E-state index in [1.54, 1.807) is 6.20 Å². The van der Waals surface area contributed by atoms with Crippen LogP contribution in [0.5, 0.6) is 0 Å². The molecule has 0 spiro atoms. The lowest BCUT2D eigenvalue weighted by molar-refractivity contribution is 0.638. The van der Waals surface area contributed by atoms with Gasteiger partial charge in [0.2, 0.25) is 0 Å². The maximum atomic E-state index is 9.15. The number of nitriles is 1. The van der Waals surface area contributed by atoms with Crippen LogP contribution in [0.2, 0.25) is 0 Å². The van der Waals surface area contributed by atoms with Crippen molar-refractivity contribution in [3.05, 3.63) is 48.4 Å². The number of rotatable bonds is 4. The molecule has 0 fully saturated rings. The van der Waals surface area contributed by atoms with Gasteiger partial charge in [-0.15, -0.1) is 10.2 Å². The molecule has 6 nitrogen and oxygen atoms in total. The molecular formula is C14H12N6. The molecule has 0 unspecified atom stereocenters. The van der Waals surface area contributed by atoms with E-state index in [-0.39, 0.29) is 0 Å². The summed E-state index contributed by atoms with van der Waals surface area (Å²) >= 11 is 0. The second kappa shape index (κ2) is 5.36. The highest BCUT2D eigenvalue weighted by Crippen LogP contribution is 2.23. The minimum atomic E-state index is 0.309. The van der Waals surface area contributed by atoms with Crippen molar-refractivity contribution >= 4 is 16.6 Å². The van der Waals surface area contributed by atoms with Crippen molar-refractivity contribution < 1.29 is 0 Å². The minimum absolute atomic E-state index is 0.309. The van der Waals surface area contributed by atoms with E-state index in [1.165, 1.54) is 0 Å². The second-order valence-electron chi connectivity index (χ2n) is 4.25. The molecular weight excluding hydrogens is 252 g/mol. The van der Waals surface area contributed by atoms with E-state index in [4.69, 9.17) is 5.26 Å². The smallest absolute Gasteiger partial charge is 0.186 e. The molecule has 0 radical (unpaired) electrons. The van der Waals surface area contributed by atoms with Gasteiger partial charge in [-0.05, 0) is 12.1 Å². The van der Waals surface area contributed by atoms with Crippen molar-refractivity contribution in [1.82, 2.24) is 20.0 Å². The van der Waals surface area contributed by atoms with Crippen LogP contribution < -0.4 is 5.32 Å². The predicted molar refractivity (Wildman–Crippen MR) is 75.0 cm³/mol. The molecule has 3 aromatic rings. The molecule has 0 amide bonds. The maximum absolute atomic E-state index is 9.15. The van der Waals surface area contributed by atoms with Crippen molar-refractivity contribution in [1.29, 1.82) is 5.26 Å². The SMILES string of the molecule is N#Cc1nnc2ccccc2c1NCCn1cccn1. The lowest BCUT2D eigenvalue weighted by Crippen LogP contribution is -2.12. The summed E-state index contributed by atoms with van der Waals surface area (Å²) in [7, 11) is 0. The zero-order valence-electron chi connectivity index (χ0n) is 10.7. The van der Waals surface area contributed by atoms with Crippen LogP contribution in [-0.2, 0) is 6.54 Å². The maximum Gasteiger partial charge on any atom is 0.186 e. The number of benzene rings is 1. The molecule has 2 heterocycles. The van der Waals surface area contributed by atoms with Crippen molar-refractivity contribution in [2.24, 2.45) is 0 Å². The van der Waals surface area contributed by atoms with Gasteiger partial charge in [0.15, 0.2) is 5.69 Å². The number of hydrogen-bond acceptors (Lipinski definition) is 5. The topological polar surface area (TPSA) is 79.4 Å². The van der Waals surface area contributed by atoms with Crippen molar-refractivity contribution in [2.45, 2.75) is 6.54 Å². The summed E-state index contributed by atoms with van der Waals surface area (Å²) in [4.78, 5) is 0. The monoisotopic (exact) mass is 264 g/mol. The molecule has 0 saturated heterocycles. The molecule has 3 rings (SSSR count). The van der Waals surface area contributed by atoms with E-state index in [1.807, 2.05) is 41.2 Å². The zero-order chi connectivity index (χ0) is 13.8. The van der Waals surface area contributed by atoms with Gasteiger partial charge in [-0.2, -0.15) is 10.4 Å². The summed E-state index contributed by atoms with van der Waals surface area (Å²) in [6.45, 7) is 1.38. The van der Waals surface area contributed by atoms with E-state index < -0.39 is 0 Å². The Kier molecular flexibility index (Phi) is 3.25. The van der Waals surface area contributed by atoms with Crippen molar-refractivity contribution in [2.75, 3.05) is 11.9 Å². The Bertz CT molecular complexity index is 757. The largest absolute Gasteiger partial charge is 0.380 e. The first-order valence-electron chi connectivity index (χ1n) is 6.25. The summed E-state index contributed by atoms with van der Waals surface area (Å²) in [6, 6.07) is 11.6. The van der Waals surface area contributed by atoms with Gasteiger partial charge in [0.05, 0.1) is 17.7 Å². The lowest BCUT2D eigenvalue weighted by atomic mass is 10.1. The predicted octanol–water partition coefficient (Wildman–Crippen LogP) is 1.81. The van der Waals surface area contributed by atoms with E-state index in [2.05, 4.69) is 26.7 Å². The van der Waals surface area contributed by atoms with Crippen LogP contribution in [-0.4, -0.2) is 26.5 Å². The van der Waals surface area contributed by atoms with Crippen LogP contribution >= 0.6 is 0 Å². The summed E-state index contributed by atoms with van der Waals surface area (Å²) in [6.07, 6.45) is 3.64. The highest BCUT2D eigenvalue weighted by molar-refractivity contribution is 5.92. The summed E-state index contributed by atoms with van der Waals surface area (Å²) < 4.78 is 1.83. The van der Waals surface area contributed by atoms with Crippen molar-refractivity contribution in [3.63, 3.8) is 0 Å². The molecule has 0 aliphatic carbocycles. The molecule has 20 heavy (non-hydrogen) atoms. The third-order valence-electron chi connectivity index (χ3n) is 2.98. The molecule has 0 atom stereocenters. The van der Waals surface area contributed by atoms with Crippen molar-refractivity contribution in [3.8, 4) is 6.07 Å². The molecule has 0 aliphatic rings. The number of nitrogens with zero attached hydrogens (tertiary/aromatic N) is 5.